The van der Waals surface area contributed by atoms with Crippen LogP contribution in [0.15, 0.2) is 83.8 Å². The van der Waals surface area contributed by atoms with Crippen LogP contribution < -0.4 is 14.9 Å². The first kappa shape index (κ1) is 40.6. The second-order valence-corrected chi connectivity index (χ2v) is 13.5. The molecule has 0 fully saturated rings. The number of hydrogen-bond donors (Lipinski definition) is 2. The Morgan fingerprint density at radius 2 is 1.23 bits per heavy atom. The number of aromatic nitrogens is 4. The molecule has 8 aromatic rings. The molecule has 0 unspecified atom stereocenters. The number of nitrogens with one attached hydrogen (secondary N) is 2. The Morgan fingerprint density at radius 1 is 0.698 bits per heavy atom. The Kier molecular flexibility index (Phi) is 13.9. The average Bonchev–Trinajstić information content (AvgIpc) is 3.99. The number of halogens is 1. The molecule has 0 amide bonds. The molecule has 15 heteroatoms. The van der Waals surface area contributed by atoms with E-state index in [-0.39, 0.29) is 20.8 Å². The van der Waals surface area contributed by atoms with Crippen molar-refractivity contribution < 1.29 is 33.2 Å². The third kappa shape index (κ3) is 7.96. The summed E-state index contributed by atoms with van der Waals surface area (Å²) < 4.78 is 33.4. The normalized spacial score (nSPS) is 10.2. The molecule has 0 spiro atoms. The van der Waals surface area contributed by atoms with Gasteiger partial charge in [0.25, 0.3) is 0 Å². The van der Waals surface area contributed by atoms with Crippen LogP contribution in [-0.2, 0) is 14.2 Å². The van der Waals surface area contributed by atoms with Crippen LogP contribution in [0.5, 0.6) is 11.8 Å². The number of carbonyl (C=O) groups excluding carboxylic acids is 2. The Hall–Kier alpha value is -5.13. The number of fused-ring (bicyclic) bond motifs is 6. The molecular formula is C38H36BIN4O7S2. The minimum atomic E-state index is -0.420. The molecule has 0 aliphatic rings. The van der Waals surface area contributed by atoms with Gasteiger partial charge in [-0.1, -0.05) is 27.0 Å². The molecule has 53 heavy (non-hydrogen) atoms. The first-order valence-electron chi connectivity index (χ1n) is 15.1. The van der Waals surface area contributed by atoms with E-state index in [2.05, 4.69) is 66.1 Å². The number of H-pyrrole nitrogens is 2. The summed E-state index contributed by atoms with van der Waals surface area (Å²) in [6.45, 7) is 0. The minimum absolute atomic E-state index is 0. The van der Waals surface area contributed by atoms with Gasteiger partial charge in [-0.3, -0.25) is 0 Å². The number of pyridine rings is 2. The van der Waals surface area contributed by atoms with Gasteiger partial charge in [-0.2, -0.15) is 0 Å². The van der Waals surface area contributed by atoms with Gasteiger partial charge in [0.2, 0.25) is 5.88 Å². The van der Waals surface area contributed by atoms with E-state index in [4.69, 9.17) is 18.9 Å². The van der Waals surface area contributed by atoms with Crippen LogP contribution in [0.3, 0.4) is 0 Å². The second-order valence-electron chi connectivity index (χ2n) is 10.6. The molecule has 0 bridgehead atoms. The van der Waals surface area contributed by atoms with Crippen LogP contribution in [0.25, 0.3) is 53.1 Å². The summed E-state index contributed by atoms with van der Waals surface area (Å²) in [4.78, 5) is 38.4. The number of esters is 2. The van der Waals surface area contributed by atoms with E-state index in [1.54, 1.807) is 54.3 Å². The predicted octanol–water partition coefficient (Wildman–Crippen LogP) is 9.05. The Bertz CT molecular complexity index is 2540. The number of carbonyl (C=O) groups is 2. The topological polar surface area (TPSA) is 145 Å². The van der Waals surface area contributed by atoms with Crippen LogP contribution in [0.4, 0.5) is 0 Å². The Labute approximate surface area is 328 Å². The molecule has 8 rings (SSSR count). The number of rotatable bonds is 6. The third-order valence-electron chi connectivity index (χ3n) is 7.84. The zero-order chi connectivity index (χ0) is 36.1. The molecule has 0 atom stereocenters. The van der Waals surface area contributed by atoms with E-state index < -0.39 is 5.97 Å². The quantitative estimate of drug-likeness (QED) is 0.0950. The monoisotopic (exact) mass is 862 g/mol. The van der Waals surface area contributed by atoms with Crippen molar-refractivity contribution in [2.24, 2.45) is 0 Å². The van der Waals surface area contributed by atoms with Gasteiger partial charge < -0.3 is 24.2 Å². The second kappa shape index (κ2) is 18.1. The van der Waals surface area contributed by atoms with E-state index in [1.165, 1.54) is 31.4 Å². The summed E-state index contributed by atoms with van der Waals surface area (Å²) in [5, 5.41) is 8.53. The number of hydrogen-bond acceptors (Lipinski definition) is 11. The number of aromatic amines is 2. The summed E-state index contributed by atoms with van der Waals surface area (Å²) in [7, 11) is 6.53. The summed E-state index contributed by atoms with van der Waals surface area (Å²) in [6, 6.07) is 19.3. The van der Waals surface area contributed by atoms with E-state index in [0.29, 0.717) is 35.8 Å². The van der Waals surface area contributed by atoms with Crippen LogP contribution in [0.2, 0.25) is 0 Å². The number of nitrogens with zero attached hydrogens (tertiary/aromatic N) is 2. The van der Waals surface area contributed by atoms with Crippen molar-refractivity contribution in [1.29, 1.82) is 0 Å². The van der Waals surface area contributed by atoms with Gasteiger partial charge >= 0.3 is 70.3 Å². The van der Waals surface area contributed by atoms with E-state index >= 15 is 0 Å². The number of thiophene rings is 2. The zero-order valence-electron chi connectivity index (χ0n) is 27.6. The fourth-order valence-corrected chi connectivity index (χ4v) is 8.55. The number of methoxy groups -OCH3 is 4. The first-order valence-corrected chi connectivity index (χ1v) is 18.0. The fourth-order valence-electron chi connectivity index (χ4n) is 5.55. The Balaban J connectivity index is 0.000000189. The first-order chi connectivity index (χ1) is 24.8. The summed E-state index contributed by atoms with van der Waals surface area (Å²) in [5.41, 5.74) is 4.78. The van der Waals surface area contributed by atoms with Crippen molar-refractivity contribution in [2.75, 3.05) is 28.4 Å². The summed E-state index contributed by atoms with van der Waals surface area (Å²) >= 11 is 5.52. The summed E-state index contributed by atoms with van der Waals surface area (Å²) in [6.07, 6.45) is 3.24. The molecule has 6 heterocycles. The van der Waals surface area contributed by atoms with Gasteiger partial charge in [0.15, 0.2) is 0 Å². The van der Waals surface area contributed by atoms with Gasteiger partial charge in [0.05, 0.1) is 24.9 Å². The molecule has 2 aromatic carbocycles. The fraction of sp³-hybridized carbons (Fsp3) is 0.158. The van der Waals surface area contributed by atoms with E-state index in [9.17, 15) is 14.3 Å². The molecule has 0 aliphatic heterocycles. The van der Waals surface area contributed by atoms with Gasteiger partial charge in [-0.05, 0) is 80.5 Å². The van der Waals surface area contributed by atoms with Gasteiger partial charge in [-0.25, -0.2) is 14.6 Å². The van der Waals surface area contributed by atoms with Crippen LogP contribution in [0.1, 0.15) is 35.8 Å². The van der Waals surface area contributed by atoms with Gasteiger partial charge in [0.1, 0.15) is 11.4 Å². The summed E-state index contributed by atoms with van der Waals surface area (Å²) in [5.74, 6) is 0.0988. The molecule has 272 valence electrons. The third-order valence-corrected chi connectivity index (χ3v) is 10.8. The van der Waals surface area contributed by atoms with Crippen molar-refractivity contribution in [3.8, 4) is 22.9 Å². The number of ether oxygens (including phenoxy) is 4. The number of benzene rings is 2. The molecular weight excluding hydrogens is 826 g/mol. The maximum absolute atomic E-state index is 12.3. The molecule has 0 aliphatic carbocycles. The standard InChI is InChI=1S/C18H14N2O3S.C12H8INO2S.C6H6BNO2.2CH4/c1-22-17-11(4-3-8-19-17)13-14-12(20-15(13)18(21)23-2)6-5-10-7-9-24-16(10)14;1-16-12(15)10-9(13)8-7(14-10)3-2-6-4-5-17-11(6)8;1-10-6-5(7-9)3-2-4-8-6;;/h3-9,20H,1-2H3;2-5,14H,1H3;2-4H,1H3;2*1H4. The molecule has 6 aromatic heterocycles. The van der Waals surface area contributed by atoms with Crippen molar-refractivity contribution in [3.05, 3.63) is 98.8 Å². The van der Waals surface area contributed by atoms with Crippen LogP contribution in [-0.4, -0.2) is 67.5 Å². The molecule has 11 nitrogen and oxygen atoms in total. The average molecular weight is 863 g/mol. The van der Waals surface area contributed by atoms with Crippen molar-refractivity contribution >= 4 is 112 Å². The molecule has 0 radical (unpaired) electrons. The Morgan fingerprint density at radius 3 is 1.79 bits per heavy atom. The van der Waals surface area contributed by atoms with Gasteiger partial charge in [0, 0.05) is 48.5 Å². The van der Waals surface area contributed by atoms with Crippen molar-refractivity contribution in [3.63, 3.8) is 0 Å². The zero-order valence-corrected chi connectivity index (χ0v) is 31.4. The van der Waals surface area contributed by atoms with Crippen molar-refractivity contribution in [2.45, 2.75) is 14.9 Å². The predicted molar refractivity (Wildman–Crippen MR) is 223 cm³/mol. The molecule has 0 saturated heterocycles. The van der Waals surface area contributed by atoms with Crippen LogP contribution in [0, 0.1) is 3.57 Å². The van der Waals surface area contributed by atoms with E-state index in [1.807, 2.05) is 35.7 Å². The van der Waals surface area contributed by atoms with Crippen molar-refractivity contribution in [1.82, 2.24) is 19.9 Å². The SMILES string of the molecule is C.C.COC(=O)c1[nH]c2ccc3ccsc3c2c1-c1cccnc1OC.COC(=O)c1[nH]c2ccc3ccsc3c2c1I.COc1ncccc1B=O. The molecule has 2 N–H and O–H groups in total. The maximum atomic E-state index is 12.3. The van der Waals surface area contributed by atoms with Gasteiger partial charge in [-0.15, -0.1) is 22.7 Å². The molecule has 0 saturated carbocycles. The van der Waals surface area contributed by atoms with Crippen LogP contribution >= 0.6 is 45.3 Å². The van der Waals surface area contributed by atoms with E-state index in [0.717, 1.165) is 46.6 Å².